The van der Waals surface area contributed by atoms with Gasteiger partial charge in [-0.3, -0.25) is 4.79 Å². The standard InChI is InChI=1S/C13H16N2O/c1-10(8-14)9-15-13(16)11(2)12-6-4-3-5-7-12/h3-7,10-11H,9H2,1-2H3,(H,15,16). The number of amides is 1. The molecular formula is C13H16N2O. The monoisotopic (exact) mass is 216 g/mol. The van der Waals surface area contributed by atoms with Crippen molar-refractivity contribution in [1.82, 2.24) is 5.32 Å². The third-order valence-electron chi connectivity index (χ3n) is 2.50. The molecule has 1 aromatic carbocycles. The van der Waals surface area contributed by atoms with E-state index >= 15 is 0 Å². The molecule has 0 fully saturated rings. The van der Waals surface area contributed by atoms with Gasteiger partial charge in [0, 0.05) is 6.54 Å². The van der Waals surface area contributed by atoms with E-state index in [1.54, 1.807) is 6.92 Å². The van der Waals surface area contributed by atoms with E-state index in [2.05, 4.69) is 11.4 Å². The first-order chi connectivity index (χ1) is 7.65. The number of carbonyl (C=O) groups excluding carboxylic acids is 1. The van der Waals surface area contributed by atoms with Crippen molar-refractivity contribution in [3.63, 3.8) is 0 Å². The summed E-state index contributed by atoms with van der Waals surface area (Å²) in [6.45, 7) is 4.06. The molecule has 0 saturated carbocycles. The molecule has 0 radical (unpaired) electrons. The quantitative estimate of drug-likeness (QED) is 0.837. The van der Waals surface area contributed by atoms with Crippen LogP contribution in [0.15, 0.2) is 30.3 Å². The summed E-state index contributed by atoms with van der Waals surface area (Å²) in [5.74, 6) is -0.354. The lowest BCUT2D eigenvalue weighted by molar-refractivity contribution is -0.122. The van der Waals surface area contributed by atoms with Crippen LogP contribution in [0.4, 0.5) is 0 Å². The first-order valence-electron chi connectivity index (χ1n) is 5.37. The molecule has 0 saturated heterocycles. The molecule has 1 rings (SSSR count). The van der Waals surface area contributed by atoms with Crippen LogP contribution in [0, 0.1) is 17.2 Å². The van der Waals surface area contributed by atoms with Crippen LogP contribution in [0.25, 0.3) is 0 Å². The summed E-state index contributed by atoms with van der Waals surface area (Å²) in [6, 6.07) is 11.7. The Bertz CT molecular complexity index is 381. The number of benzene rings is 1. The summed E-state index contributed by atoms with van der Waals surface area (Å²) in [7, 11) is 0. The van der Waals surface area contributed by atoms with E-state index in [9.17, 15) is 4.79 Å². The summed E-state index contributed by atoms with van der Waals surface area (Å²) >= 11 is 0. The van der Waals surface area contributed by atoms with E-state index in [1.807, 2.05) is 37.3 Å². The minimum absolute atomic E-state index is 0.0340. The van der Waals surface area contributed by atoms with Crippen molar-refractivity contribution in [1.29, 1.82) is 5.26 Å². The molecule has 3 heteroatoms. The molecule has 0 aromatic heterocycles. The second-order valence-electron chi connectivity index (χ2n) is 3.91. The molecule has 2 unspecified atom stereocenters. The fourth-order valence-electron chi connectivity index (χ4n) is 1.35. The number of hydrogen-bond donors (Lipinski definition) is 1. The number of nitrogens with one attached hydrogen (secondary N) is 1. The molecule has 0 heterocycles. The molecule has 1 N–H and O–H groups in total. The molecule has 1 amide bonds. The zero-order chi connectivity index (χ0) is 12.0. The fourth-order valence-corrected chi connectivity index (χ4v) is 1.35. The maximum atomic E-state index is 11.7. The molecule has 2 atom stereocenters. The van der Waals surface area contributed by atoms with E-state index in [-0.39, 0.29) is 17.7 Å². The van der Waals surface area contributed by atoms with Crippen molar-refractivity contribution in [3.8, 4) is 6.07 Å². The van der Waals surface area contributed by atoms with Gasteiger partial charge in [0.1, 0.15) is 0 Å². The maximum absolute atomic E-state index is 11.7. The van der Waals surface area contributed by atoms with Crippen molar-refractivity contribution >= 4 is 5.91 Å². The number of nitriles is 1. The second-order valence-corrected chi connectivity index (χ2v) is 3.91. The number of rotatable bonds is 4. The van der Waals surface area contributed by atoms with Gasteiger partial charge in [-0.1, -0.05) is 30.3 Å². The predicted octanol–water partition coefficient (Wildman–Crippen LogP) is 2.07. The van der Waals surface area contributed by atoms with Crippen molar-refractivity contribution in [2.75, 3.05) is 6.54 Å². The van der Waals surface area contributed by atoms with Crippen LogP contribution < -0.4 is 5.32 Å². The van der Waals surface area contributed by atoms with Crippen molar-refractivity contribution in [2.24, 2.45) is 5.92 Å². The number of hydrogen-bond acceptors (Lipinski definition) is 2. The van der Waals surface area contributed by atoms with Gasteiger partial charge >= 0.3 is 0 Å². The van der Waals surface area contributed by atoms with Gasteiger partial charge in [-0.05, 0) is 19.4 Å². The summed E-state index contributed by atoms with van der Waals surface area (Å²) in [5, 5.41) is 11.4. The Kier molecular flexibility index (Phi) is 4.53. The lowest BCUT2D eigenvalue weighted by Gasteiger charge is -2.12. The van der Waals surface area contributed by atoms with Crippen LogP contribution in [-0.4, -0.2) is 12.5 Å². The highest BCUT2D eigenvalue weighted by Crippen LogP contribution is 2.14. The average Bonchev–Trinajstić information content (AvgIpc) is 2.35. The molecule has 0 aliphatic carbocycles. The van der Waals surface area contributed by atoms with E-state index in [1.165, 1.54) is 0 Å². The highest BCUT2D eigenvalue weighted by molar-refractivity contribution is 5.83. The molecular weight excluding hydrogens is 200 g/mol. The Balaban J connectivity index is 2.53. The number of nitrogens with zero attached hydrogens (tertiary/aromatic N) is 1. The van der Waals surface area contributed by atoms with Gasteiger partial charge in [0.25, 0.3) is 0 Å². The number of carbonyl (C=O) groups is 1. The fraction of sp³-hybridized carbons (Fsp3) is 0.385. The van der Waals surface area contributed by atoms with Crippen LogP contribution in [0.1, 0.15) is 25.3 Å². The van der Waals surface area contributed by atoms with Gasteiger partial charge in [0.15, 0.2) is 0 Å². The van der Waals surface area contributed by atoms with Crippen LogP contribution in [0.2, 0.25) is 0 Å². The van der Waals surface area contributed by atoms with Gasteiger partial charge in [-0.25, -0.2) is 0 Å². The van der Waals surface area contributed by atoms with Gasteiger partial charge < -0.3 is 5.32 Å². The highest BCUT2D eigenvalue weighted by Gasteiger charge is 2.14. The van der Waals surface area contributed by atoms with Gasteiger partial charge in [-0.2, -0.15) is 5.26 Å². The molecule has 0 bridgehead atoms. The molecule has 3 nitrogen and oxygen atoms in total. The second kappa shape index (κ2) is 5.92. The topological polar surface area (TPSA) is 52.9 Å². The minimum atomic E-state index is -0.174. The average molecular weight is 216 g/mol. The SMILES string of the molecule is CC(C#N)CNC(=O)C(C)c1ccccc1. The van der Waals surface area contributed by atoms with Crippen LogP contribution in [0.3, 0.4) is 0 Å². The smallest absolute Gasteiger partial charge is 0.227 e. The van der Waals surface area contributed by atoms with Crippen molar-refractivity contribution in [3.05, 3.63) is 35.9 Å². The first kappa shape index (κ1) is 12.3. The molecule has 0 aliphatic rings. The van der Waals surface area contributed by atoms with Crippen LogP contribution in [0.5, 0.6) is 0 Å². The van der Waals surface area contributed by atoms with E-state index in [0.29, 0.717) is 6.54 Å². The van der Waals surface area contributed by atoms with Crippen LogP contribution in [-0.2, 0) is 4.79 Å². The Morgan fingerprint density at radius 2 is 2.00 bits per heavy atom. The van der Waals surface area contributed by atoms with Gasteiger partial charge in [0.05, 0.1) is 17.9 Å². The zero-order valence-electron chi connectivity index (χ0n) is 9.60. The van der Waals surface area contributed by atoms with E-state index in [0.717, 1.165) is 5.56 Å². The predicted molar refractivity (Wildman–Crippen MR) is 62.6 cm³/mol. The third-order valence-corrected chi connectivity index (χ3v) is 2.50. The molecule has 84 valence electrons. The Hall–Kier alpha value is -1.82. The van der Waals surface area contributed by atoms with E-state index in [4.69, 9.17) is 5.26 Å². The minimum Gasteiger partial charge on any atom is -0.354 e. The summed E-state index contributed by atoms with van der Waals surface area (Å²) in [6.07, 6.45) is 0. The highest BCUT2D eigenvalue weighted by atomic mass is 16.1. The summed E-state index contributed by atoms with van der Waals surface area (Å²) in [4.78, 5) is 11.7. The Labute approximate surface area is 96.1 Å². The van der Waals surface area contributed by atoms with Crippen molar-refractivity contribution in [2.45, 2.75) is 19.8 Å². The molecule has 0 spiro atoms. The Morgan fingerprint density at radius 3 is 2.56 bits per heavy atom. The lowest BCUT2D eigenvalue weighted by atomic mass is 10.0. The molecule has 1 aromatic rings. The third kappa shape index (κ3) is 3.39. The van der Waals surface area contributed by atoms with E-state index < -0.39 is 0 Å². The normalized spacial score (nSPS) is 13.6. The van der Waals surface area contributed by atoms with Gasteiger partial charge in [0.2, 0.25) is 5.91 Å². The maximum Gasteiger partial charge on any atom is 0.227 e. The lowest BCUT2D eigenvalue weighted by Crippen LogP contribution is -2.31. The largest absolute Gasteiger partial charge is 0.354 e. The molecule has 16 heavy (non-hydrogen) atoms. The summed E-state index contributed by atoms with van der Waals surface area (Å²) in [5.41, 5.74) is 0.990. The van der Waals surface area contributed by atoms with Crippen LogP contribution >= 0.6 is 0 Å². The molecule has 0 aliphatic heterocycles. The zero-order valence-corrected chi connectivity index (χ0v) is 9.60. The van der Waals surface area contributed by atoms with Crippen molar-refractivity contribution < 1.29 is 4.79 Å². The Morgan fingerprint density at radius 1 is 1.38 bits per heavy atom. The summed E-state index contributed by atoms with van der Waals surface area (Å²) < 4.78 is 0. The van der Waals surface area contributed by atoms with Gasteiger partial charge in [-0.15, -0.1) is 0 Å². The first-order valence-corrected chi connectivity index (χ1v) is 5.37.